The molecule has 0 amide bonds. The smallest absolute Gasteiger partial charge is 0.123 e. The number of rotatable bonds is 4. The predicted molar refractivity (Wildman–Crippen MR) is 82.5 cm³/mol. The zero-order chi connectivity index (χ0) is 13.7. The molecule has 0 bridgehead atoms. The maximum atomic E-state index is 13.5. The Balaban J connectivity index is 2.17. The molecule has 1 N–H and O–H groups in total. The molecule has 106 valence electrons. The lowest BCUT2D eigenvalue weighted by atomic mass is 10.1. The first-order chi connectivity index (χ1) is 9.16. The van der Waals surface area contributed by atoms with Gasteiger partial charge < -0.3 is 10.2 Å². The van der Waals surface area contributed by atoms with Crippen LogP contribution in [0.25, 0.3) is 0 Å². The van der Waals surface area contributed by atoms with Crippen LogP contribution in [0.3, 0.4) is 0 Å². The third-order valence-electron chi connectivity index (χ3n) is 3.31. The zero-order valence-corrected chi connectivity index (χ0v) is 12.6. The van der Waals surface area contributed by atoms with Crippen molar-refractivity contribution in [3.8, 4) is 0 Å². The van der Waals surface area contributed by atoms with E-state index in [0.717, 1.165) is 31.0 Å². The first-order valence-electron chi connectivity index (χ1n) is 7.01. The summed E-state index contributed by atoms with van der Waals surface area (Å²) in [6.45, 7) is 7.09. The number of hydrogen-bond acceptors (Lipinski definition) is 3. The van der Waals surface area contributed by atoms with Gasteiger partial charge in [0.15, 0.2) is 0 Å². The van der Waals surface area contributed by atoms with Gasteiger partial charge in [0.1, 0.15) is 5.82 Å². The Kier molecular flexibility index (Phi) is 5.52. The molecule has 19 heavy (non-hydrogen) atoms. The Labute approximate surface area is 119 Å². The summed E-state index contributed by atoms with van der Waals surface area (Å²) < 4.78 is 13.5. The SMILES string of the molecule is CC(C)NCc1cc(F)ccc1N1CCCSCC1. The second-order valence-electron chi connectivity index (χ2n) is 5.26. The van der Waals surface area contributed by atoms with E-state index in [2.05, 4.69) is 24.1 Å². The standard InChI is InChI=1S/C15H23FN2S/c1-12(2)17-11-13-10-14(16)4-5-15(13)18-6-3-8-19-9-7-18/h4-5,10,12,17H,3,6-9,11H2,1-2H3. The minimum Gasteiger partial charge on any atom is -0.370 e. The topological polar surface area (TPSA) is 15.3 Å². The van der Waals surface area contributed by atoms with Crippen LogP contribution < -0.4 is 10.2 Å². The molecular weight excluding hydrogens is 259 g/mol. The van der Waals surface area contributed by atoms with Gasteiger partial charge in [-0.3, -0.25) is 0 Å². The fourth-order valence-electron chi connectivity index (χ4n) is 2.31. The van der Waals surface area contributed by atoms with E-state index >= 15 is 0 Å². The molecule has 2 nitrogen and oxygen atoms in total. The van der Waals surface area contributed by atoms with Crippen LogP contribution in [0.15, 0.2) is 18.2 Å². The molecule has 1 aliphatic heterocycles. The lowest BCUT2D eigenvalue weighted by molar-refractivity contribution is 0.580. The van der Waals surface area contributed by atoms with Crippen LogP contribution in [0.4, 0.5) is 10.1 Å². The Morgan fingerprint density at radius 1 is 1.32 bits per heavy atom. The van der Waals surface area contributed by atoms with Gasteiger partial charge in [-0.15, -0.1) is 0 Å². The normalized spacial score (nSPS) is 16.7. The summed E-state index contributed by atoms with van der Waals surface area (Å²) in [5, 5.41) is 3.39. The highest BCUT2D eigenvalue weighted by atomic mass is 32.2. The van der Waals surface area contributed by atoms with Crippen LogP contribution in [0.1, 0.15) is 25.8 Å². The number of nitrogens with one attached hydrogen (secondary N) is 1. The third-order valence-corrected chi connectivity index (χ3v) is 4.35. The molecule has 0 saturated carbocycles. The number of benzene rings is 1. The molecule has 1 aromatic rings. The molecular formula is C15H23FN2S. The molecule has 0 spiro atoms. The van der Waals surface area contributed by atoms with Gasteiger partial charge in [0.2, 0.25) is 0 Å². The molecule has 0 aromatic heterocycles. The first kappa shape index (κ1) is 14.7. The monoisotopic (exact) mass is 282 g/mol. The summed E-state index contributed by atoms with van der Waals surface area (Å²) >= 11 is 2.01. The summed E-state index contributed by atoms with van der Waals surface area (Å²) in [5.74, 6) is 2.25. The largest absolute Gasteiger partial charge is 0.370 e. The summed E-state index contributed by atoms with van der Waals surface area (Å²) in [4.78, 5) is 2.40. The van der Waals surface area contributed by atoms with Crippen molar-refractivity contribution < 1.29 is 4.39 Å². The van der Waals surface area contributed by atoms with Gasteiger partial charge in [0.25, 0.3) is 0 Å². The maximum Gasteiger partial charge on any atom is 0.123 e. The van der Waals surface area contributed by atoms with Gasteiger partial charge in [-0.2, -0.15) is 11.8 Å². The highest BCUT2D eigenvalue weighted by Gasteiger charge is 2.14. The van der Waals surface area contributed by atoms with E-state index in [9.17, 15) is 4.39 Å². The highest BCUT2D eigenvalue weighted by molar-refractivity contribution is 7.99. The van der Waals surface area contributed by atoms with Gasteiger partial charge in [-0.05, 0) is 35.9 Å². The van der Waals surface area contributed by atoms with Crippen LogP contribution >= 0.6 is 11.8 Å². The quantitative estimate of drug-likeness (QED) is 0.912. The molecule has 0 radical (unpaired) electrons. The van der Waals surface area contributed by atoms with Crippen molar-refractivity contribution in [2.45, 2.75) is 32.9 Å². The minimum atomic E-state index is -0.145. The van der Waals surface area contributed by atoms with Crippen LogP contribution in [0.5, 0.6) is 0 Å². The van der Waals surface area contributed by atoms with Crippen molar-refractivity contribution in [1.29, 1.82) is 0 Å². The number of anilines is 1. The summed E-state index contributed by atoms with van der Waals surface area (Å²) in [7, 11) is 0. The fraction of sp³-hybridized carbons (Fsp3) is 0.600. The van der Waals surface area contributed by atoms with Crippen molar-refractivity contribution >= 4 is 17.4 Å². The molecule has 2 rings (SSSR count). The number of thioether (sulfide) groups is 1. The second kappa shape index (κ2) is 7.15. The molecule has 1 saturated heterocycles. The number of nitrogens with zero attached hydrogens (tertiary/aromatic N) is 1. The predicted octanol–water partition coefficient (Wildman–Crippen LogP) is 3.27. The van der Waals surface area contributed by atoms with Gasteiger partial charge in [-0.25, -0.2) is 4.39 Å². The van der Waals surface area contributed by atoms with Crippen molar-refractivity contribution in [3.63, 3.8) is 0 Å². The lowest BCUT2D eigenvalue weighted by Gasteiger charge is -2.25. The Hall–Kier alpha value is -0.740. The molecule has 1 aliphatic rings. The minimum absolute atomic E-state index is 0.145. The summed E-state index contributed by atoms with van der Waals surface area (Å²) in [6, 6.07) is 5.59. The number of hydrogen-bond donors (Lipinski definition) is 1. The molecule has 0 unspecified atom stereocenters. The van der Waals surface area contributed by atoms with Crippen molar-refractivity contribution in [2.24, 2.45) is 0 Å². The highest BCUT2D eigenvalue weighted by Crippen LogP contribution is 2.24. The van der Waals surface area contributed by atoms with Gasteiger partial charge in [-0.1, -0.05) is 13.8 Å². The summed E-state index contributed by atoms with van der Waals surface area (Å²) in [5.41, 5.74) is 2.26. The van der Waals surface area contributed by atoms with Crippen LogP contribution in [-0.4, -0.2) is 30.6 Å². The van der Waals surface area contributed by atoms with E-state index in [4.69, 9.17) is 0 Å². The Morgan fingerprint density at radius 2 is 2.16 bits per heavy atom. The fourth-order valence-corrected chi connectivity index (χ4v) is 3.19. The van der Waals surface area contributed by atoms with E-state index in [1.54, 1.807) is 12.1 Å². The molecule has 4 heteroatoms. The average Bonchev–Trinajstić information content (AvgIpc) is 2.65. The second-order valence-corrected chi connectivity index (χ2v) is 6.49. The molecule has 0 atom stereocenters. The van der Waals surface area contributed by atoms with Crippen LogP contribution in [-0.2, 0) is 6.54 Å². The molecule has 0 aliphatic carbocycles. The van der Waals surface area contributed by atoms with E-state index < -0.39 is 0 Å². The Bertz CT molecular complexity index is 401. The van der Waals surface area contributed by atoms with E-state index in [1.165, 1.54) is 17.9 Å². The number of halogens is 1. The Morgan fingerprint density at radius 3 is 2.95 bits per heavy atom. The van der Waals surface area contributed by atoms with Crippen molar-refractivity contribution in [3.05, 3.63) is 29.6 Å². The third kappa shape index (κ3) is 4.39. The van der Waals surface area contributed by atoms with Crippen LogP contribution in [0, 0.1) is 5.82 Å². The lowest BCUT2D eigenvalue weighted by Crippen LogP contribution is -2.28. The molecule has 1 heterocycles. The molecule has 1 aromatic carbocycles. The average molecular weight is 282 g/mol. The van der Waals surface area contributed by atoms with Crippen LogP contribution in [0.2, 0.25) is 0 Å². The summed E-state index contributed by atoms with van der Waals surface area (Å²) in [6.07, 6.45) is 1.21. The van der Waals surface area contributed by atoms with Crippen molar-refractivity contribution in [1.82, 2.24) is 5.32 Å². The maximum absolute atomic E-state index is 13.5. The van der Waals surface area contributed by atoms with E-state index in [-0.39, 0.29) is 5.82 Å². The van der Waals surface area contributed by atoms with Crippen molar-refractivity contribution in [2.75, 3.05) is 29.5 Å². The van der Waals surface area contributed by atoms with Gasteiger partial charge in [0.05, 0.1) is 0 Å². The first-order valence-corrected chi connectivity index (χ1v) is 8.17. The van der Waals surface area contributed by atoms with Gasteiger partial charge in [0, 0.05) is 37.1 Å². The van der Waals surface area contributed by atoms with Gasteiger partial charge >= 0.3 is 0 Å². The van der Waals surface area contributed by atoms with E-state index in [0.29, 0.717) is 6.04 Å². The zero-order valence-electron chi connectivity index (χ0n) is 11.8. The molecule has 1 fully saturated rings. The van der Waals surface area contributed by atoms with E-state index in [1.807, 2.05) is 17.8 Å².